The number of rotatable bonds is 16. The molecule has 42 heavy (non-hydrogen) atoms. The van der Waals surface area contributed by atoms with Crippen LogP contribution in [0.3, 0.4) is 0 Å². The Hall–Kier alpha value is -2.95. The van der Waals surface area contributed by atoms with Crippen LogP contribution >= 0.6 is 11.8 Å². The summed E-state index contributed by atoms with van der Waals surface area (Å²) in [6.07, 6.45) is 2.94. The molecule has 10 nitrogen and oxygen atoms in total. The Morgan fingerprint density at radius 2 is 1.74 bits per heavy atom. The molecule has 0 aliphatic heterocycles. The number of benzene rings is 1. The fourth-order valence-corrected chi connectivity index (χ4v) is 4.81. The minimum atomic E-state index is -1.08. The van der Waals surface area contributed by atoms with E-state index >= 15 is 0 Å². The summed E-state index contributed by atoms with van der Waals surface area (Å²) in [6.45, 7) is 15.0. The summed E-state index contributed by atoms with van der Waals surface area (Å²) in [5.74, 6) is -0.307. The number of thioether (sulfide) groups is 1. The second-order valence-corrected chi connectivity index (χ2v) is 12.8. The van der Waals surface area contributed by atoms with Gasteiger partial charge in [0.25, 0.3) is 0 Å². The van der Waals surface area contributed by atoms with Gasteiger partial charge < -0.3 is 30.1 Å². The molecule has 0 saturated carbocycles. The molecular weight excluding hydrogens is 558 g/mol. The summed E-state index contributed by atoms with van der Waals surface area (Å²) >= 11 is 1.54. The highest BCUT2D eigenvalue weighted by atomic mass is 32.2. The predicted octanol–water partition coefficient (Wildman–Crippen LogP) is 5.11. The largest absolute Gasteiger partial charge is 0.508 e. The SMILES string of the molecule is CCOC(=O)CCNC(=O)C(c1ccc(O)c(C)c1)N(C(=O)C(CCSC)NC(=O)OC(C)(C)C)C(C)CCC(C)C. The molecule has 1 aromatic rings. The molecule has 1 aromatic carbocycles. The van der Waals surface area contributed by atoms with Gasteiger partial charge in [-0.3, -0.25) is 14.4 Å². The van der Waals surface area contributed by atoms with Crippen molar-refractivity contribution < 1.29 is 33.8 Å². The van der Waals surface area contributed by atoms with Gasteiger partial charge in [-0.2, -0.15) is 11.8 Å². The van der Waals surface area contributed by atoms with Crippen molar-refractivity contribution >= 4 is 35.6 Å². The third kappa shape index (κ3) is 12.9. The normalized spacial score (nSPS) is 13.6. The second-order valence-electron chi connectivity index (χ2n) is 11.8. The Balaban J connectivity index is 3.60. The summed E-state index contributed by atoms with van der Waals surface area (Å²) in [5.41, 5.74) is 0.293. The van der Waals surface area contributed by atoms with Crippen molar-refractivity contribution in [3.05, 3.63) is 29.3 Å². The van der Waals surface area contributed by atoms with Crippen molar-refractivity contribution in [2.24, 2.45) is 5.92 Å². The standard InChI is InChI=1S/C31H51N3O7S/c1-10-40-26(36)15-17-32-28(37)27(23-13-14-25(35)21(4)19-23)34(22(5)12-11-20(2)3)29(38)24(16-18-42-9)33-30(39)41-31(6,7)8/h13-14,19-20,22,24,27,35H,10-12,15-18H2,1-9H3,(H,32,37)(H,33,39). The van der Waals surface area contributed by atoms with E-state index in [9.17, 15) is 24.3 Å². The molecule has 238 valence electrons. The van der Waals surface area contributed by atoms with E-state index in [2.05, 4.69) is 24.5 Å². The first kappa shape index (κ1) is 37.1. The zero-order valence-corrected chi connectivity index (χ0v) is 27.6. The van der Waals surface area contributed by atoms with E-state index in [0.717, 1.165) is 6.42 Å². The Morgan fingerprint density at radius 1 is 1.07 bits per heavy atom. The van der Waals surface area contributed by atoms with Crippen LogP contribution in [0.2, 0.25) is 0 Å². The molecule has 0 spiro atoms. The second kappa shape index (κ2) is 17.9. The number of hydrogen-bond acceptors (Lipinski definition) is 8. The molecule has 3 unspecified atom stereocenters. The zero-order chi connectivity index (χ0) is 32.0. The fraction of sp³-hybridized carbons (Fsp3) is 0.677. The van der Waals surface area contributed by atoms with Crippen LogP contribution < -0.4 is 10.6 Å². The maximum Gasteiger partial charge on any atom is 0.408 e. The van der Waals surface area contributed by atoms with Crippen molar-refractivity contribution in [3.8, 4) is 5.75 Å². The fourth-order valence-electron chi connectivity index (χ4n) is 4.34. The quantitative estimate of drug-likeness (QED) is 0.220. The average molecular weight is 610 g/mol. The molecule has 0 aliphatic rings. The number of alkyl carbamates (subject to hydrolysis) is 1. The van der Waals surface area contributed by atoms with Gasteiger partial charge in [-0.05, 0) is 102 Å². The van der Waals surface area contributed by atoms with Crippen molar-refractivity contribution in [1.82, 2.24) is 15.5 Å². The van der Waals surface area contributed by atoms with Crippen molar-refractivity contribution in [2.45, 2.75) is 105 Å². The lowest BCUT2D eigenvalue weighted by atomic mass is 9.96. The first-order chi connectivity index (χ1) is 19.6. The van der Waals surface area contributed by atoms with Gasteiger partial charge in [0.1, 0.15) is 23.4 Å². The van der Waals surface area contributed by atoms with E-state index in [0.29, 0.717) is 35.6 Å². The summed E-state index contributed by atoms with van der Waals surface area (Å²) in [5, 5.41) is 15.7. The van der Waals surface area contributed by atoms with Crippen molar-refractivity contribution in [2.75, 3.05) is 25.2 Å². The number of ether oxygens (including phenoxy) is 2. The number of phenols is 1. The molecule has 1 rings (SSSR count). The van der Waals surface area contributed by atoms with E-state index < -0.39 is 41.6 Å². The minimum absolute atomic E-state index is 0.0195. The van der Waals surface area contributed by atoms with Crippen LogP contribution in [0, 0.1) is 12.8 Å². The van der Waals surface area contributed by atoms with Gasteiger partial charge in [0.15, 0.2) is 0 Å². The Labute approximate surface area is 255 Å². The molecule has 3 atom stereocenters. The van der Waals surface area contributed by atoms with Crippen LogP contribution in [-0.2, 0) is 23.9 Å². The molecule has 0 saturated heterocycles. The van der Waals surface area contributed by atoms with Crippen LogP contribution in [0.5, 0.6) is 5.75 Å². The summed E-state index contributed by atoms with van der Waals surface area (Å²) < 4.78 is 10.4. The Bertz CT molecular complexity index is 1040. The van der Waals surface area contributed by atoms with E-state index in [1.807, 2.05) is 13.2 Å². The van der Waals surface area contributed by atoms with E-state index in [1.54, 1.807) is 58.5 Å². The first-order valence-electron chi connectivity index (χ1n) is 14.6. The molecule has 0 aromatic heterocycles. The molecule has 0 bridgehead atoms. The minimum Gasteiger partial charge on any atom is -0.508 e. The highest BCUT2D eigenvalue weighted by Crippen LogP contribution is 2.30. The lowest BCUT2D eigenvalue weighted by Crippen LogP contribution is -2.55. The Morgan fingerprint density at radius 3 is 2.29 bits per heavy atom. The third-order valence-electron chi connectivity index (χ3n) is 6.49. The van der Waals surface area contributed by atoms with Gasteiger partial charge in [-0.15, -0.1) is 0 Å². The molecular formula is C31H51N3O7S. The number of nitrogens with zero attached hydrogens (tertiary/aromatic N) is 1. The number of phenolic OH excluding ortho intramolecular Hbond substituents is 1. The van der Waals surface area contributed by atoms with Crippen LogP contribution in [0.25, 0.3) is 0 Å². The molecule has 11 heteroatoms. The van der Waals surface area contributed by atoms with Gasteiger partial charge in [0.05, 0.1) is 13.0 Å². The lowest BCUT2D eigenvalue weighted by Gasteiger charge is -2.39. The number of carbonyl (C=O) groups is 4. The van der Waals surface area contributed by atoms with E-state index in [1.165, 1.54) is 11.0 Å². The lowest BCUT2D eigenvalue weighted by molar-refractivity contribution is -0.146. The van der Waals surface area contributed by atoms with Crippen LogP contribution in [0.15, 0.2) is 18.2 Å². The molecule has 0 heterocycles. The maximum absolute atomic E-state index is 14.4. The number of aryl methyl sites for hydroxylation is 1. The summed E-state index contributed by atoms with van der Waals surface area (Å²) in [7, 11) is 0. The maximum atomic E-state index is 14.4. The highest BCUT2D eigenvalue weighted by Gasteiger charge is 2.39. The van der Waals surface area contributed by atoms with Crippen LogP contribution in [0.1, 0.15) is 91.3 Å². The van der Waals surface area contributed by atoms with Crippen LogP contribution in [-0.4, -0.2) is 76.7 Å². The number of amides is 3. The Kier molecular flexibility index (Phi) is 15.8. The molecule has 3 amide bonds. The van der Waals surface area contributed by atoms with E-state index in [4.69, 9.17) is 9.47 Å². The number of carbonyl (C=O) groups excluding carboxylic acids is 4. The molecule has 0 aliphatic carbocycles. The monoisotopic (exact) mass is 609 g/mol. The summed E-state index contributed by atoms with van der Waals surface area (Å²) in [4.78, 5) is 54.5. The van der Waals surface area contributed by atoms with Crippen molar-refractivity contribution in [3.63, 3.8) is 0 Å². The number of hydrogen-bond donors (Lipinski definition) is 3. The zero-order valence-electron chi connectivity index (χ0n) is 26.7. The molecule has 0 radical (unpaired) electrons. The average Bonchev–Trinajstić information content (AvgIpc) is 2.88. The number of esters is 1. The third-order valence-corrected chi connectivity index (χ3v) is 7.13. The van der Waals surface area contributed by atoms with Crippen LogP contribution in [0.4, 0.5) is 4.79 Å². The van der Waals surface area contributed by atoms with Gasteiger partial charge in [-0.1, -0.05) is 19.9 Å². The topological polar surface area (TPSA) is 134 Å². The van der Waals surface area contributed by atoms with Gasteiger partial charge in [-0.25, -0.2) is 4.79 Å². The summed E-state index contributed by atoms with van der Waals surface area (Å²) in [6, 6.07) is 2.38. The highest BCUT2D eigenvalue weighted by molar-refractivity contribution is 7.98. The number of aromatic hydroxyl groups is 1. The van der Waals surface area contributed by atoms with Crippen molar-refractivity contribution in [1.29, 1.82) is 0 Å². The molecule has 3 N–H and O–H groups in total. The van der Waals surface area contributed by atoms with E-state index in [-0.39, 0.29) is 31.4 Å². The van der Waals surface area contributed by atoms with Gasteiger partial charge in [0.2, 0.25) is 11.8 Å². The number of nitrogens with one attached hydrogen (secondary N) is 2. The molecule has 0 fully saturated rings. The van der Waals surface area contributed by atoms with Gasteiger partial charge in [0, 0.05) is 12.6 Å². The van der Waals surface area contributed by atoms with Gasteiger partial charge >= 0.3 is 12.1 Å². The predicted molar refractivity (Wildman–Crippen MR) is 166 cm³/mol. The first-order valence-corrected chi connectivity index (χ1v) is 16.0. The smallest absolute Gasteiger partial charge is 0.408 e.